The summed E-state index contributed by atoms with van der Waals surface area (Å²) >= 11 is 0. The maximum atomic E-state index is 4.47. The Morgan fingerprint density at radius 3 is 2.64 bits per heavy atom. The van der Waals surface area contributed by atoms with E-state index in [1.807, 2.05) is 21.0 Å². The Bertz CT molecular complexity index is 276. The van der Waals surface area contributed by atoms with Gasteiger partial charge in [-0.15, -0.1) is 4.90 Å². The van der Waals surface area contributed by atoms with E-state index in [2.05, 4.69) is 34.3 Å². The highest BCUT2D eigenvalue weighted by molar-refractivity contribution is 5.34. The Kier molecular flexibility index (Phi) is 4.04. The van der Waals surface area contributed by atoms with Crippen LogP contribution >= 0.6 is 0 Å². The fraction of sp³-hybridized carbons (Fsp3) is 0.545. The van der Waals surface area contributed by atoms with Crippen molar-refractivity contribution in [1.82, 2.24) is 15.2 Å². The third-order valence-electron chi connectivity index (χ3n) is 2.13. The van der Waals surface area contributed by atoms with E-state index in [1.165, 1.54) is 5.56 Å². The summed E-state index contributed by atoms with van der Waals surface area (Å²) in [4.78, 5) is 6.60. The van der Waals surface area contributed by atoms with Crippen molar-refractivity contribution in [3.8, 4) is 0 Å². The van der Waals surface area contributed by atoms with Gasteiger partial charge in [-0.3, -0.25) is 0 Å². The fourth-order valence-electron chi connectivity index (χ4n) is 1.38. The molecule has 14 heavy (non-hydrogen) atoms. The van der Waals surface area contributed by atoms with E-state index in [0.717, 1.165) is 24.6 Å². The highest BCUT2D eigenvalue weighted by Crippen LogP contribution is 2.11. The lowest BCUT2D eigenvalue weighted by molar-refractivity contribution is 0.580. The minimum absolute atomic E-state index is 0.852. The van der Waals surface area contributed by atoms with Gasteiger partial charge in [-0.2, -0.15) is 4.98 Å². The van der Waals surface area contributed by atoms with Crippen molar-refractivity contribution < 1.29 is 0 Å². The quantitative estimate of drug-likeness (QED) is 0.662. The predicted molar refractivity (Wildman–Crippen MR) is 59.2 cm³/mol. The molecule has 0 aliphatic heterocycles. The summed E-state index contributed by atoms with van der Waals surface area (Å²) in [6.07, 6.45) is 0. The number of nitrogens with zero attached hydrogens (tertiary/aromatic N) is 3. The molecule has 0 saturated carbocycles. The molecule has 1 aromatic rings. The van der Waals surface area contributed by atoms with Gasteiger partial charge < -0.3 is 0 Å². The molecule has 0 amide bonds. The predicted octanol–water partition coefficient (Wildman–Crippen LogP) is 1.33. The summed E-state index contributed by atoms with van der Waals surface area (Å²) in [5.41, 5.74) is 2.33. The van der Waals surface area contributed by atoms with Gasteiger partial charge in [0.25, 0.3) is 5.82 Å². The zero-order valence-corrected chi connectivity index (χ0v) is 9.41. The van der Waals surface area contributed by atoms with Crippen LogP contribution in [-0.2, 0) is 0 Å². The zero-order chi connectivity index (χ0) is 10.6. The second-order valence-corrected chi connectivity index (χ2v) is 3.61. The number of hydrogen-bond acceptors (Lipinski definition) is 2. The van der Waals surface area contributed by atoms with Gasteiger partial charge in [0.2, 0.25) is 0 Å². The Labute approximate surface area is 86.2 Å². The molecule has 3 nitrogen and oxygen atoms in total. The Hall–Kier alpha value is -0.930. The van der Waals surface area contributed by atoms with Crippen molar-refractivity contribution in [1.29, 1.82) is 0 Å². The second kappa shape index (κ2) is 5.08. The van der Waals surface area contributed by atoms with Crippen LogP contribution < -0.4 is 10.2 Å². The molecule has 3 heteroatoms. The standard InChI is InChI=1S/C11H18N3/c1-9-7-10(2)13-11(8-9)14(4)6-5-12-3/h7-8H,5-6H2,1-4H3/q+1. The number of likely N-dealkylation sites (N-methyl/N-ethyl adjacent to an activating group) is 2. The van der Waals surface area contributed by atoms with Gasteiger partial charge in [-0.05, 0) is 25.5 Å². The lowest BCUT2D eigenvalue weighted by Crippen LogP contribution is -2.26. The van der Waals surface area contributed by atoms with Crippen LogP contribution in [0.4, 0.5) is 5.82 Å². The number of pyridine rings is 1. The summed E-state index contributed by atoms with van der Waals surface area (Å²) < 4.78 is 0. The smallest absolute Gasteiger partial charge is 0.239 e. The van der Waals surface area contributed by atoms with E-state index in [-0.39, 0.29) is 0 Å². The summed E-state index contributed by atoms with van der Waals surface area (Å²) in [5.74, 6) is 1.03. The molecule has 1 heterocycles. The van der Waals surface area contributed by atoms with E-state index in [0.29, 0.717) is 0 Å². The van der Waals surface area contributed by atoms with Crippen molar-refractivity contribution in [2.24, 2.45) is 0 Å². The van der Waals surface area contributed by atoms with Gasteiger partial charge in [0.1, 0.15) is 13.6 Å². The van der Waals surface area contributed by atoms with Crippen molar-refractivity contribution in [2.75, 3.05) is 27.2 Å². The van der Waals surface area contributed by atoms with Gasteiger partial charge in [-0.1, -0.05) is 0 Å². The van der Waals surface area contributed by atoms with Crippen LogP contribution in [0.5, 0.6) is 0 Å². The Morgan fingerprint density at radius 1 is 1.36 bits per heavy atom. The van der Waals surface area contributed by atoms with E-state index in [4.69, 9.17) is 0 Å². The topological polar surface area (TPSA) is 32.9 Å². The van der Waals surface area contributed by atoms with E-state index < -0.39 is 0 Å². The summed E-state index contributed by atoms with van der Waals surface area (Å²) in [5, 5.41) is 4.08. The molecular weight excluding hydrogens is 174 g/mol. The second-order valence-electron chi connectivity index (χ2n) is 3.61. The molecule has 1 rings (SSSR count). The van der Waals surface area contributed by atoms with E-state index >= 15 is 0 Å². The number of aryl methyl sites for hydroxylation is 2. The largest absolute Gasteiger partial charge is 0.276 e. The molecular formula is C11H18N3+. The molecule has 0 atom stereocenters. The first kappa shape index (κ1) is 11.1. The fourth-order valence-corrected chi connectivity index (χ4v) is 1.38. The molecule has 0 aromatic carbocycles. The molecule has 0 aliphatic carbocycles. The van der Waals surface area contributed by atoms with E-state index in [1.54, 1.807) is 0 Å². The van der Waals surface area contributed by atoms with Crippen LogP contribution in [0.15, 0.2) is 12.1 Å². The van der Waals surface area contributed by atoms with Gasteiger partial charge >= 0.3 is 0 Å². The lowest BCUT2D eigenvalue weighted by Gasteiger charge is -2.06. The van der Waals surface area contributed by atoms with Crippen LogP contribution in [0.25, 0.3) is 0 Å². The van der Waals surface area contributed by atoms with Gasteiger partial charge in [-0.25, -0.2) is 5.32 Å². The Balaban J connectivity index is 2.73. The molecule has 76 valence electrons. The Morgan fingerprint density at radius 2 is 2.07 bits per heavy atom. The van der Waals surface area contributed by atoms with Crippen LogP contribution in [0.2, 0.25) is 0 Å². The molecule has 0 unspecified atom stereocenters. The van der Waals surface area contributed by atoms with Crippen LogP contribution in [0, 0.1) is 13.8 Å². The number of rotatable bonds is 4. The molecule has 0 saturated heterocycles. The first-order valence-corrected chi connectivity index (χ1v) is 4.85. The molecule has 0 bridgehead atoms. The monoisotopic (exact) mass is 192 g/mol. The van der Waals surface area contributed by atoms with Gasteiger partial charge in [0.15, 0.2) is 0 Å². The number of hydrogen-bond donors (Lipinski definition) is 0. The third kappa shape index (κ3) is 3.09. The minimum atomic E-state index is 0.852. The molecule has 0 fully saturated rings. The third-order valence-corrected chi connectivity index (χ3v) is 2.13. The summed E-state index contributed by atoms with van der Waals surface area (Å²) in [6, 6.07) is 4.18. The van der Waals surface area contributed by atoms with Crippen molar-refractivity contribution in [3.63, 3.8) is 0 Å². The molecule has 0 spiro atoms. The van der Waals surface area contributed by atoms with Crippen LogP contribution in [-0.4, -0.2) is 32.2 Å². The maximum Gasteiger partial charge on any atom is 0.276 e. The lowest BCUT2D eigenvalue weighted by atomic mass is 10.2. The molecule has 1 aromatic heterocycles. The highest BCUT2D eigenvalue weighted by Gasteiger charge is 2.14. The van der Waals surface area contributed by atoms with Gasteiger partial charge in [0.05, 0.1) is 6.54 Å². The summed E-state index contributed by atoms with van der Waals surface area (Å²) in [6.45, 7) is 5.89. The average molecular weight is 192 g/mol. The zero-order valence-electron chi connectivity index (χ0n) is 9.41. The van der Waals surface area contributed by atoms with Crippen molar-refractivity contribution in [3.05, 3.63) is 23.4 Å². The molecule has 0 N–H and O–H groups in total. The summed E-state index contributed by atoms with van der Waals surface area (Å²) in [7, 11) is 3.88. The SMILES string of the molecule is C[N]CC[N+](C)c1cc(C)cc(C)n1. The van der Waals surface area contributed by atoms with Crippen LogP contribution in [0.3, 0.4) is 0 Å². The maximum absolute atomic E-state index is 4.47. The number of anilines is 1. The van der Waals surface area contributed by atoms with Gasteiger partial charge in [0, 0.05) is 18.8 Å². The minimum Gasteiger partial charge on any atom is -0.239 e. The van der Waals surface area contributed by atoms with E-state index in [9.17, 15) is 0 Å². The van der Waals surface area contributed by atoms with Crippen LogP contribution in [0.1, 0.15) is 11.3 Å². The van der Waals surface area contributed by atoms with Crippen molar-refractivity contribution in [2.45, 2.75) is 13.8 Å². The normalized spacial score (nSPS) is 10.9. The first-order valence-electron chi connectivity index (χ1n) is 4.85. The molecule has 2 radical (unpaired) electrons. The first-order chi connectivity index (χ1) is 6.63. The average Bonchev–Trinajstić information content (AvgIpc) is 2.12. The highest BCUT2D eigenvalue weighted by atomic mass is 15.2. The molecule has 0 aliphatic rings. The number of aromatic nitrogens is 1. The van der Waals surface area contributed by atoms with Crippen molar-refractivity contribution >= 4 is 5.82 Å².